The maximum Gasteiger partial charge on any atom is 0.160 e. The van der Waals surface area contributed by atoms with Gasteiger partial charge in [0.05, 0.1) is 5.69 Å². The summed E-state index contributed by atoms with van der Waals surface area (Å²) in [6.45, 7) is 6.41. The van der Waals surface area contributed by atoms with E-state index in [2.05, 4.69) is 16.9 Å². The number of rotatable bonds is 4. The highest BCUT2D eigenvalue weighted by atomic mass is 16.5. The van der Waals surface area contributed by atoms with Crippen LogP contribution in [0.2, 0.25) is 0 Å². The van der Waals surface area contributed by atoms with Crippen LogP contribution in [0.1, 0.15) is 37.5 Å². The van der Waals surface area contributed by atoms with Crippen LogP contribution in [0.15, 0.2) is 6.07 Å². The maximum atomic E-state index is 5.58. The first kappa shape index (κ1) is 12.1. The molecule has 0 aliphatic heterocycles. The van der Waals surface area contributed by atoms with Crippen molar-refractivity contribution >= 4 is 0 Å². The van der Waals surface area contributed by atoms with Gasteiger partial charge < -0.3 is 10.5 Å². The predicted molar refractivity (Wildman–Crippen MR) is 59.3 cm³/mol. The van der Waals surface area contributed by atoms with Gasteiger partial charge in [0.15, 0.2) is 5.82 Å². The Morgan fingerprint density at radius 1 is 1.47 bits per heavy atom. The Hall–Kier alpha value is -1.00. The molecule has 1 atom stereocenters. The number of nitrogens with zero attached hydrogens (tertiary/aromatic N) is 2. The third-order valence-corrected chi connectivity index (χ3v) is 2.71. The topological polar surface area (TPSA) is 61.0 Å². The van der Waals surface area contributed by atoms with Gasteiger partial charge in [0.2, 0.25) is 0 Å². The van der Waals surface area contributed by atoms with E-state index in [1.807, 2.05) is 19.9 Å². The molecule has 2 N–H and O–H groups in total. The Bertz CT molecular complexity index is 335. The SMILES string of the molecule is CCC(C)(OC)c1nc(C)cc(CN)n1. The summed E-state index contributed by atoms with van der Waals surface area (Å²) in [6, 6.07) is 1.90. The van der Waals surface area contributed by atoms with Gasteiger partial charge in [-0.1, -0.05) is 6.92 Å². The van der Waals surface area contributed by atoms with Crippen molar-refractivity contribution < 1.29 is 4.74 Å². The second-order valence-corrected chi connectivity index (χ2v) is 3.82. The van der Waals surface area contributed by atoms with Gasteiger partial charge >= 0.3 is 0 Å². The summed E-state index contributed by atoms with van der Waals surface area (Å²) in [7, 11) is 1.68. The lowest BCUT2D eigenvalue weighted by molar-refractivity contribution is -0.00928. The fraction of sp³-hybridized carbons (Fsp3) is 0.636. The summed E-state index contributed by atoms with van der Waals surface area (Å²) in [6.07, 6.45) is 0.830. The Balaban J connectivity index is 3.18. The maximum absolute atomic E-state index is 5.58. The van der Waals surface area contributed by atoms with E-state index in [0.717, 1.165) is 17.8 Å². The predicted octanol–water partition coefficient (Wildman–Crippen LogP) is 1.52. The molecule has 1 aromatic rings. The standard InChI is InChI=1S/C11H19N3O/c1-5-11(3,15-4)10-13-8(2)6-9(7-12)14-10/h6H,5,7,12H2,1-4H3. The Labute approximate surface area is 90.9 Å². The summed E-state index contributed by atoms with van der Waals surface area (Å²) < 4.78 is 5.46. The highest BCUT2D eigenvalue weighted by Gasteiger charge is 2.27. The number of nitrogens with two attached hydrogens (primary N) is 1. The highest BCUT2D eigenvalue weighted by molar-refractivity contribution is 5.13. The van der Waals surface area contributed by atoms with E-state index in [9.17, 15) is 0 Å². The van der Waals surface area contributed by atoms with E-state index in [4.69, 9.17) is 10.5 Å². The van der Waals surface area contributed by atoms with Crippen molar-refractivity contribution in [2.24, 2.45) is 5.73 Å². The molecule has 1 heterocycles. The van der Waals surface area contributed by atoms with Crippen molar-refractivity contribution in [1.29, 1.82) is 0 Å². The van der Waals surface area contributed by atoms with Crippen LogP contribution in [0.4, 0.5) is 0 Å². The van der Waals surface area contributed by atoms with Gasteiger partial charge in [0, 0.05) is 19.3 Å². The van der Waals surface area contributed by atoms with Gasteiger partial charge in [0.1, 0.15) is 5.60 Å². The van der Waals surface area contributed by atoms with Gasteiger partial charge in [-0.3, -0.25) is 0 Å². The minimum Gasteiger partial charge on any atom is -0.371 e. The molecule has 0 fully saturated rings. The molecular formula is C11H19N3O. The van der Waals surface area contributed by atoms with Crippen LogP contribution in [-0.4, -0.2) is 17.1 Å². The zero-order valence-electron chi connectivity index (χ0n) is 9.87. The molecular weight excluding hydrogens is 190 g/mol. The minimum atomic E-state index is -0.421. The Morgan fingerprint density at radius 2 is 2.13 bits per heavy atom. The van der Waals surface area contributed by atoms with Crippen LogP contribution in [0.3, 0.4) is 0 Å². The first-order valence-corrected chi connectivity index (χ1v) is 5.16. The van der Waals surface area contributed by atoms with Crippen LogP contribution in [0.25, 0.3) is 0 Å². The summed E-state index contributed by atoms with van der Waals surface area (Å²) in [4.78, 5) is 8.81. The largest absolute Gasteiger partial charge is 0.371 e. The first-order chi connectivity index (χ1) is 7.05. The zero-order chi connectivity index (χ0) is 11.5. The molecule has 0 aromatic carbocycles. The molecule has 1 unspecified atom stereocenters. The van der Waals surface area contributed by atoms with Crippen molar-refractivity contribution in [3.05, 3.63) is 23.3 Å². The number of hydrogen-bond acceptors (Lipinski definition) is 4. The average Bonchev–Trinajstić information content (AvgIpc) is 2.27. The van der Waals surface area contributed by atoms with E-state index in [0.29, 0.717) is 12.4 Å². The molecule has 0 spiro atoms. The van der Waals surface area contributed by atoms with E-state index in [1.54, 1.807) is 7.11 Å². The average molecular weight is 209 g/mol. The van der Waals surface area contributed by atoms with Gasteiger partial charge in [-0.25, -0.2) is 9.97 Å². The van der Waals surface area contributed by atoms with Crippen LogP contribution >= 0.6 is 0 Å². The summed E-state index contributed by atoms with van der Waals surface area (Å²) >= 11 is 0. The Morgan fingerprint density at radius 3 is 2.60 bits per heavy atom. The second-order valence-electron chi connectivity index (χ2n) is 3.82. The smallest absolute Gasteiger partial charge is 0.160 e. The molecule has 84 valence electrons. The molecule has 0 aliphatic carbocycles. The molecule has 4 nitrogen and oxygen atoms in total. The van der Waals surface area contributed by atoms with Gasteiger partial charge in [-0.2, -0.15) is 0 Å². The summed E-state index contributed by atoms with van der Waals surface area (Å²) in [5, 5.41) is 0. The van der Waals surface area contributed by atoms with Crippen LogP contribution in [0.5, 0.6) is 0 Å². The second kappa shape index (κ2) is 4.68. The monoisotopic (exact) mass is 209 g/mol. The zero-order valence-corrected chi connectivity index (χ0v) is 9.87. The molecule has 0 saturated heterocycles. The molecule has 15 heavy (non-hydrogen) atoms. The van der Waals surface area contributed by atoms with Crippen molar-refractivity contribution in [2.45, 2.75) is 39.3 Å². The molecule has 0 radical (unpaired) electrons. The van der Waals surface area contributed by atoms with E-state index in [1.165, 1.54) is 0 Å². The first-order valence-electron chi connectivity index (χ1n) is 5.16. The summed E-state index contributed by atoms with van der Waals surface area (Å²) in [5.41, 5.74) is 6.95. The lowest BCUT2D eigenvalue weighted by Gasteiger charge is -2.25. The number of hydrogen-bond donors (Lipinski definition) is 1. The van der Waals surface area contributed by atoms with E-state index >= 15 is 0 Å². The third kappa shape index (κ3) is 2.52. The van der Waals surface area contributed by atoms with Crippen LogP contribution < -0.4 is 5.73 Å². The Kier molecular flexibility index (Phi) is 3.77. The number of aryl methyl sites for hydroxylation is 1. The fourth-order valence-corrected chi connectivity index (χ4v) is 1.37. The fourth-order valence-electron chi connectivity index (χ4n) is 1.37. The van der Waals surface area contributed by atoms with Crippen LogP contribution in [0, 0.1) is 6.92 Å². The third-order valence-electron chi connectivity index (χ3n) is 2.71. The van der Waals surface area contributed by atoms with E-state index < -0.39 is 5.60 Å². The molecule has 1 aromatic heterocycles. The van der Waals surface area contributed by atoms with Gasteiger partial charge in [-0.05, 0) is 26.3 Å². The quantitative estimate of drug-likeness (QED) is 0.816. The number of aromatic nitrogens is 2. The van der Waals surface area contributed by atoms with Gasteiger partial charge in [-0.15, -0.1) is 0 Å². The summed E-state index contributed by atoms with van der Waals surface area (Å²) in [5.74, 6) is 0.716. The molecule has 0 bridgehead atoms. The molecule has 0 saturated carbocycles. The lowest BCUT2D eigenvalue weighted by atomic mass is 10.0. The minimum absolute atomic E-state index is 0.421. The molecule has 4 heteroatoms. The van der Waals surface area contributed by atoms with Crippen LogP contribution in [-0.2, 0) is 16.9 Å². The lowest BCUT2D eigenvalue weighted by Crippen LogP contribution is -2.27. The van der Waals surface area contributed by atoms with Crippen molar-refractivity contribution in [1.82, 2.24) is 9.97 Å². The highest BCUT2D eigenvalue weighted by Crippen LogP contribution is 2.25. The molecule has 1 rings (SSSR count). The van der Waals surface area contributed by atoms with Crippen molar-refractivity contribution in [3.63, 3.8) is 0 Å². The van der Waals surface area contributed by atoms with Crippen molar-refractivity contribution in [2.75, 3.05) is 7.11 Å². The normalized spacial score (nSPS) is 15.0. The van der Waals surface area contributed by atoms with Gasteiger partial charge in [0.25, 0.3) is 0 Å². The van der Waals surface area contributed by atoms with Crippen molar-refractivity contribution in [3.8, 4) is 0 Å². The number of methoxy groups -OCH3 is 1. The molecule has 0 amide bonds. The van der Waals surface area contributed by atoms with E-state index in [-0.39, 0.29) is 0 Å². The molecule has 0 aliphatic rings. The number of ether oxygens (including phenoxy) is 1.